The quantitative estimate of drug-likeness (QED) is 0.256. The number of hydrogen-bond donors (Lipinski definition) is 3. The summed E-state index contributed by atoms with van der Waals surface area (Å²) in [6.45, 7) is 0. The fourth-order valence-electron chi connectivity index (χ4n) is 5.47. The number of alkyl halides is 3. The van der Waals surface area contributed by atoms with E-state index in [4.69, 9.17) is 4.74 Å². The van der Waals surface area contributed by atoms with E-state index in [2.05, 4.69) is 10.6 Å². The van der Waals surface area contributed by atoms with Crippen LogP contribution in [0, 0.1) is 23.6 Å². The first-order valence-corrected chi connectivity index (χ1v) is 14.2. The maximum Gasteiger partial charge on any atom is 0.501 e. The van der Waals surface area contributed by atoms with Gasteiger partial charge in [-0.05, 0) is 60.2 Å². The van der Waals surface area contributed by atoms with E-state index in [9.17, 15) is 40.7 Å². The molecule has 5 rings (SSSR count). The van der Waals surface area contributed by atoms with Gasteiger partial charge in [0.2, 0.25) is 5.91 Å². The zero-order valence-corrected chi connectivity index (χ0v) is 22.7. The van der Waals surface area contributed by atoms with Gasteiger partial charge in [0.15, 0.2) is 0 Å². The number of carbonyl (C=O) groups excluding carboxylic acids is 2. The van der Waals surface area contributed by atoms with E-state index in [1.807, 2.05) is 12.2 Å². The predicted octanol–water partition coefficient (Wildman–Crippen LogP) is 5.06. The van der Waals surface area contributed by atoms with E-state index in [-0.39, 0.29) is 40.1 Å². The van der Waals surface area contributed by atoms with E-state index in [0.29, 0.717) is 12.0 Å². The van der Waals surface area contributed by atoms with Crippen LogP contribution in [-0.4, -0.2) is 44.0 Å². The monoisotopic (exact) mass is 604 g/mol. The van der Waals surface area contributed by atoms with Crippen LogP contribution in [0.2, 0.25) is 0 Å². The van der Waals surface area contributed by atoms with E-state index in [1.54, 1.807) is 0 Å². The Labute approximate surface area is 237 Å². The number of carbonyl (C=O) groups is 2. The van der Waals surface area contributed by atoms with Crippen LogP contribution in [0.5, 0.6) is 11.5 Å². The van der Waals surface area contributed by atoms with Gasteiger partial charge in [-0.2, -0.15) is 13.2 Å². The fourth-order valence-corrected chi connectivity index (χ4v) is 6.28. The van der Waals surface area contributed by atoms with Crippen molar-refractivity contribution in [2.75, 3.05) is 12.4 Å². The van der Waals surface area contributed by atoms with Gasteiger partial charge in [0.25, 0.3) is 15.7 Å². The maximum absolute atomic E-state index is 14.9. The number of amides is 2. The van der Waals surface area contributed by atoms with Gasteiger partial charge < -0.3 is 20.5 Å². The molecule has 0 saturated heterocycles. The number of anilines is 1. The zero-order valence-electron chi connectivity index (χ0n) is 21.9. The second kappa shape index (κ2) is 10.8. The summed E-state index contributed by atoms with van der Waals surface area (Å²) < 4.78 is 82.9. The van der Waals surface area contributed by atoms with Crippen LogP contribution in [-0.2, 0) is 14.6 Å². The summed E-state index contributed by atoms with van der Waals surface area (Å²) in [4.78, 5) is 25.8. The number of nitrogens with one attached hydrogen (secondary N) is 2. The van der Waals surface area contributed by atoms with Crippen molar-refractivity contribution >= 4 is 27.3 Å². The van der Waals surface area contributed by atoms with Crippen LogP contribution >= 0.6 is 0 Å². The van der Waals surface area contributed by atoms with E-state index < -0.39 is 49.8 Å². The number of phenols is 1. The Kier molecular flexibility index (Phi) is 7.48. The summed E-state index contributed by atoms with van der Waals surface area (Å²) in [7, 11) is -4.35. The summed E-state index contributed by atoms with van der Waals surface area (Å²) in [6, 6.07) is 11.2. The number of ether oxygens (including phenoxy) is 1. The first-order chi connectivity index (χ1) is 19.8. The number of sulfone groups is 1. The minimum absolute atomic E-state index is 0.00190. The number of phenolic OH excluding ortho intramolecular Hbond substituents is 1. The second-order valence-corrected chi connectivity index (χ2v) is 12.0. The molecule has 2 amide bonds. The molecule has 0 radical (unpaired) electrons. The SMILES string of the molecule is COc1cc(F)c(-c2ccc(O)cc2)cc1C(=O)N[C@H]1[C@@H](C(=O)Nc2cccc(S(=O)(=O)C(F)(F)F)c2)[C@@H]2C=C[C@H]1C2. The summed E-state index contributed by atoms with van der Waals surface area (Å²) in [5, 5.41) is 14.9. The lowest BCUT2D eigenvalue weighted by atomic mass is 9.87. The highest BCUT2D eigenvalue weighted by molar-refractivity contribution is 7.92. The minimum atomic E-state index is -5.63. The number of methoxy groups -OCH3 is 1. The minimum Gasteiger partial charge on any atom is -0.508 e. The lowest BCUT2D eigenvalue weighted by Crippen LogP contribution is -2.47. The van der Waals surface area contributed by atoms with Crippen molar-refractivity contribution in [3.63, 3.8) is 0 Å². The second-order valence-electron chi connectivity index (χ2n) is 10.0. The third-order valence-corrected chi connectivity index (χ3v) is 8.97. The standard InChI is InChI=1S/C29H24F4N2O6S/c1-41-24-14-23(30)21(15-7-9-19(36)10-8-15)13-22(24)27(37)35-26-17-6-5-16(11-17)25(26)28(38)34-18-3-2-4-20(12-18)42(39,40)29(31,32)33/h2-10,12-14,16-17,25-26,36H,11H2,1H3,(H,34,38)(H,35,37)/t16-,17+,25+,26-/m1/s1. The lowest BCUT2D eigenvalue weighted by molar-refractivity contribution is -0.121. The molecule has 3 N–H and O–H groups in total. The summed E-state index contributed by atoms with van der Waals surface area (Å²) in [6.07, 6.45) is 4.22. The van der Waals surface area contributed by atoms with Crippen molar-refractivity contribution < 1.29 is 45.4 Å². The molecule has 2 aliphatic carbocycles. The molecule has 0 aromatic heterocycles. The number of rotatable bonds is 7. The van der Waals surface area contributed by atoms with Gasteiger partial charge in [-0.15, -0.1) is 0 Å². The Hall–Kier alpha value is -4.39. The number of benzene rings is 3. The maximum atomic E-state index is 14.9. The van der Waals surface area contributed by atoms with Crippen molar-refractivity contribution in [2.45, 2.75) is 22.9 Å². The van der Waals surface area contributed by atoms with Crippen LogP contribution in [0.1, 0.15) is 16.8 Å². The van der Waals surface area contributed by atoms with Crippen LogP contribution < -0.4 is 15.4 Å². The van der Waals surface area contributed by atoms with Gasteiger partial charge in [0, 0.05) is 23.4 Å². The highest BCUT2D eigenvalue weighted by atomic mass is 32.2. The smallest absolute Gasteiger partial charge is 0.501 e. The largest absolute Gasteiger partial charge is 0.508 e. The molecule has 4 atom stereocenters. The molecule has 0 heterocycles. The molecule has 3 aromatic rings. The number of hydrogen-bond acceptors (Lipinski definition) is 6. The molecular weight excluding hydrogens is 580 g/mol. The zero-order chi connectivity index (χ0) is 30.4. The van der Waals surface area contributed by atoms with Crippen LogP contribution in [0.4, 0.5) is 23.2 Å². The average Bonchev–Trinajstić information content (AvgIpc) is 3.55. The molecule has 42 heavy (non-hydrogen) atoms. The molecule has 8 nitrogen and oxygen atoms in total. The number of aromatic hydroxyl groups is 1. The summed E-state index contributed by atoms with van der Waals surface area (Å²) >= 11 is 0. The van der Waals surface area contributed by atoms with Crippen molar-refractivity contribution in [1.29, 1.82) is 0 Å². The Morgan fingerprint density at radius 2 is 1.69 bits per heavy atom. The van der Waals surface area contributed by atoms with Crippen LogP contribution in [0.3, 0.4) is 0 Å². The van der Waals surface area contributed by atoms with Gasteiger partial charge >= 0.3 is 5.51 Å². The van der Waals surface area contributed by atoms with Crippen molar-refractivity contribution in [3.8, 4) is 22.6 Å². The molecular formula is C29H24F4N2O6S. The third kappa shape index (κ3) is 5.31. The fraction of sp³-hybridized carbons (Fsp3) is 0.241. The first kappa shape index (κ1) is 29.1. The third-order valence-electron chi connectivity index (χ3n) is 7.49. The molecule has 1 saturated carbocycles. The molecule has 2 bridgehead atoms. The molecule has 0 unspecified atom stereocenters. The Morgan fingerprint density at radius 3 is 2.36 bits per heavy atom. The van der Waals surface area contributed by atoms with Gasteiger partial charge in [-0.25, -0.2) is 12.8 Å². The average molecular weight is 605 g/mol. The Bertz CT molecular complexity index is 1690. The van der Waals surface area contributed by atoms with E-state index in [1.165, 1.54) is 43.5 Å². The summed E-state index contributed by atoms with van der Waals surface area (Å²) in [5.41, 5.74) is -5.18. The van der Waals surface area contributed by atoms with Gasteiger partial charge in [0.05, 0.1) is 23.5 Å². The Balaban J connectivity index is 1.40. The number of fused-ring (bicyclic) bond motifs is 2. The number of allylic oxidation sites excluding steroid dienone is 1. The lowest BCUT2D eigenvalue weighted by Gasteiger charge is -2.28. The molecule has 3 aromatic carbocycles. The van der Waals surface area contributed by atoms with Crippen LogP contribution in [0.15, 0.2) is 77.7 Å². The van der Waals surface area contributed by atoms with Crippen molar-refractivity contribution in [2.24, 2.45) is 17.8 Å². The molecule has 0 aliphatic heterocycles. The van der Waals surface area contributed by atoms with Gasteiger partial charge in [0.1, 0.15) is 17.3 Å². The highest BCUT2D eigenvalue weighted by Gasteiger charge is 2.49. The van der Waals surface area contributed by atoms with Crippen molar-refractivity contribution in [3.05, 3.63) is 84.2 Å². The molecule has 1 fully saturated rings. The van der Waals surface area contributed by atoms with Gasteiger partial charge in [-0.1, -0.05) is 30.4 Å². The molecule has 13 heteroatoms. The van der Waals surface area contributed by atoms with Crippen molar-refractivity contribution in [1.82, 2.24) is 5.32 Å². The summed E-state index contributed by atoms with van der Waals surface area (Å²) in [5.74, 6) is -3.33. The molecule has 0 spiro atoms. The molecule has 220 valence electrons. The topological polar surface area (TPSA) is 122 Å². The normalized spacial score (nSPS) is 21.3. The van der Waals surface area contributed by atoms with Gasteiger partial charge in [-0.3, -0.25) is 9.59 Å². The van der Waals surface area contributed by atoms with E-state index in [0.717, 1.165) is 24.3 Å². The molecule has 2 aliphatic rings. The van der Waals surface area contributed by atoms with E-state index >= 15 is 0 Å². The highest BCUT2D eigenvalue weighted by Crippen LogP contribution is 2.45. The Morgan fingerprint density at radius 1 is 1.00 bits per heavy atom. The van der Waals surface area contributed by atoms with Crippen LogP contribution in [0.25, 0.3) is 11.1 Å². The predicted molar refractivity (Wildman–Crippen MR) is 144 cm³/mol. The number of halogens is 4. The first-order valence-electron chi connectivity index (χ1n) is 12.7.